The van der Waals surface area contributed by atoms with Crippen molar-refractivity contribution in [3.05, 3.63) is 65.2 Å². The zero-order valence-corrected chi connectivity index (χ0v) is 16.9. The Morgan fingerprint density at radius 3 is 2.48 bits per heavy atom. The molecule has 0 unspecified atom stereocenters. The van der Waals surface area contributed by atoms with Gasteiger partial charge in [0.25, 0.3) is 0 Å². The fraction of sp³-hybridized carbons (Fsp3) is 0.235. The van der Waals surface area contributed by atoms with Gasteiger partial charge in [0.15, 0.2) is 0 Å². The van der Waals surface area contributed by atoms with Gasteiger partial charge in [0.05, 0.1) is 4.90 Å². The number of nitrogens with one attached hydrogen (secondary N) is 1. The van der Waals surface area contributed by atoms with Crippen LogP contribution in [0.2, 0.25) is 5.02 Å². The molecule has 0 bridgehead atoms. The summed E-state index contributed by atoms with van der Waals surface area (Å²) in [6, 6.07) is 15.2. The van der Waals surface area contributed by atoms with Gasteiger partial charge in [-0.1, -0.05) is 53.7 Å². The molecule has 3 aromatic rings. The lowest BCUT2D eigenvalue weighted by Gasteiger charge is -2.19. The maximum atomic E-state index is 12.8. The number of aromatic nitrogens is 4. The summed E-state index contributed by atoms with van der Waals surface area (Å²) in [5, 5.41) is 12.5. The van der Waals surface area contributed by atoms with E-state index in [9.17, 15) is 8.42 Å². The van der Waals surface area contributed by atoms with Gasteiger partial charge in [-0.2, -0.15) is 0 Å². The van der Waals surface area contributed by atoms with Gasteiger partial charge in [0, 0.05) is 23.9 Å². The van der Waals surface area contributed by atoms with E-state index in [0.717, 1.165) is 5.56 Å². The van der Waals surface area contributed by atoms with Gasteiger partial charge in [0.2, 0.25) is 15.2 Å². The molecule has 0 amide bonds. The third-order valence-corrected chi connectivity index (χ3v) is 6.63. The predicted octanol–water partition coefficient (Wildman–Crippen LogP) is 3.07. The summed E-state index contributed by atoms with van der Waals surface area (Å²) in [4.78, 5) is 0.179. The minimum Gasteiger partial charge on any atom is -0.224 e. The van der Waals surface area contributed by atoms with Crippen LogP contribution in [0.4, 0.5) is 0 Å². The second-order valence-electron chi connectivity index (χ2n) is 5.76. The maximum Gasteiger partial charge on any atom is 0.241 e. The van der Waals surface area contributed by atoms with Crippen molar-refractivity contribution in [1.29, 1.82) is 0 Å². The average molecular weight is 424 g/mol. The zero-order valence-electron chi connectivity index (χ0n) is 14.5. The van der Waals surface area contributed by atoms with Gasteiger partial charge in [-0.15, -0.1) is 5.10 Å². The third kappa shape index (κ3) is 5.29. The van der Waals surface area contributed by atoms with Crippen LogP contribution < -0.4 is 4.72 Å². The molecule has 1 N–H and O–H groups in total. The molecule has 1 heterocycles. The molecular formula is C17H18ClN5O2S2. The molecule has 0 aliphatic rings. The van der Waals surface area contributed by atoms with Crippen molar-refractivity contribution in [1.82, 2.24) is 24.9 Å². The van der Waals surface area contributed by atoms with E-state index >= 15 is 0 Å². The molecule has 1 atom stereocenters. The van der Waals surface area contributed by atoms with E-state index in [0.29, 0.717) is 22.4 Å². The van der Waals surface area contributed by atoms with E-state index in [4.69, 9.17) is 11.6 Å². The number of sulfonamides is 1. The minimum absolute atomic E-state index is 0.179. The largest absolute Gasteiger partial charge is 0.241 e. The first kappa shape index (κ1) is 19.8. The highest BCUT2D eigenvalue weighted by Gasteiger charge is 2.21. The quantitative estimate of drug-likeness (QED) is 0.560. The molecule has 0 radical (unpaired) electrons. The van der Waals surface area contributed by atoms with Gasteiger partial charge < -0.3 is 0 Å². The SMILES string of the molecule is Cn1nnnc1SCC[C@@H](NS(=O)(=O)c1ccc(Cl)cc1)c1ccccc1. The number of benzene rings is 2. The molecule has 0 saturated heterocycles. The van der Waals surface area contributed by atoms with Crippen molar-refractivity contribution in [2.45, 2.75) is 22.5 Å². The van der Waals surface area contributed by atoms with Crippen molar-refractivity contribution in [2.24, 2.45) is 7.05 Å². The lowest BCUT2D eigenvalue weighted by atomic mass is 10.1. The van der Waals surface area contributed by atoms with Gasteiger partial charge in [0.1, 0.15) is 0 Å². The summed E-state index contributed by atoms with van der Waals surface area (Å²) >= 11 is 7.33. The first-order valence-electron chi connectivity index (χ1n) is 8.14. The third-order valence-electron chi connectivity index (χ3n) is 3.84. The Hall–Kier alpha value is -1.94. The lowest BCUT2D eigenvalue weighted by Crippen LogP contribution is -2.29. The Bertz CT molecular complexity index is 978. The van der Waals surface area contributed by atoms with E-state index in [1.54, 1.807) is 23.9 Å². The van der Waals surface area contributed by atoms with Gasteiger partial charge >= 0.3 is 0 Å². The number of thioether (sulfide) groups is 1. The molecule has 142 valence electrons. The highest BCUT2D eigenvalue weighted by Crippen LogP contribution is 2.24. The number of aryl methyl sites for hydroxylation is 1. The summed E-state index contributed by atoms with van der Waals surface area (Å²) in [6.45, 7) is 0. The summed E-state index contributed by atoms with van der Waals surface area (Å²) in [7, 11) is -1.92. The molecule has 27 heavy (non-hydrogen) atoms. The van der Waals surface area contributed by atoms with Crippen LogP contribution in [0.15, 0.2) is 64.6 Å². The standard InChI is InChI=1S/C17H18ClN5O2S2/c1-23-17(19-21-22-23)26-12-11-16(13-5-3-2-4-6-13)20-27(24,25)15-9-7-14(18)8-10-15/h2-10,16,20H,11-12H2,1H3/t16-/m1/s1. The van der Waals surface area contributed by atoms with Crippen molar-refractivity contribution in [3.63, 3.8) is 0 Å². The smallest absolute Gasteiger partial charge is 0.224 e. The fourth-order valence-corrected chi connectivity index (χ4v) is 4.70. The topological polar surface area (TPSA) is 89.8 Å². The number of rotatable bonds is 8. The Labute approximate surface area is 167 Å². The molecule has 10 heteroatoms. The van der Waals surface area contributed by atoms with Crippen LogP contribution in [0.5, 0.6) is 0 Å². The normalized spacial score (nSPS) is 12.8. The summed E-state index contributed by atoms with van der Waals surface area (Å²) in [5.41, 5.74) is 0.895. The molecule has 0 fully saturated rings. The molecule has 0 aliphatic carbocycles. The van der Waals surface area contributed by atoms with E-state index in [-0.39, 0.29) is 10.9 Å². The van der Waals surface area contributed by atoms with Crippen molar-refractivity contribution < 1.29 is 8.42 Å². The highest BCUT2D eigenvalue weighted by atomic mass is 35.5. The fourth-order valence-electron chi connectivity index (χ4n) is 2.46. The zero-order chi connectivity index (χ0) is 19.3. The van der Waals surface area contributed by atoms with Gasteiger partial charge in [-0.25, -0.2) is 17.8 Å². The number of hydrogen-bond acceptors (Lipinski definition) is 6. The van der Waals surface area contributed by atoms with Crippen LogP contribution in [0.3, 0.4) is 0 Å². The monoisotopic (exact) mass is 423 g/mol. The van der Waals surface area contributed by atoms with Gasteiger partial charge in [-0.05, 0) is 46.7 Å². The Balaban J connectivity index is 1.75. The minimum atomic E-state index is -3.68. The number of tetrazole rings is 1. The summed E-state index contributed by atoms with van der Waals surface area (Å²) in [6.07, 6.45) is 0.578. The second-order valence-corrected chi connectivity index (χ2v) is 8.97. The average Bonchev–Trinajstić information content (AvgIpc) is 3.07. The lowest BCUT2D eigenvalue weighted by molar-refractivity contribution is 0.551. The molecule has 0 spiro atoms. The van der Waals surface area contributed by atoms with Crippen LogP contribution in [-0.4, -0.2) is 34.4 Å². The molecule has 0 saturated carbocycles. The molecule has 1 aromatic heterocycles. The Kier molecular flexibility index (Phi) is 6.48. The first-order chi connectivity index (χ1) is 13.0. The molecule has 7 nitrogen and oxygen atoms in total. The van der Waals surface area contributed by atoms with Crippen LogP contribution in [-0.2, 0) is 17.1 Å². The molecule has 0 aliphatic heterocycles. The van der Waals surface area contributed by atoms with Gasteiger partial charge in [-0.3, -0.25) is 0 Å². The maximum absolute atomic E-state index is 12.8. The molecule has 2 aromatic carbocycles. The van der Waals surface area contributed by atoms with Crippen LogP contribution in [0.1, 0.15) is 18.0 Å². The van der Waals surface area contributed by atoms with Crippen molar-refractivity contribution in [3.8, 4) is 0 Å². The van der Waals surface area contributed by atoms with E-state index in [1.165, 1.54) is 23.9 Å². The summed E-state index contributed by atoms with van der Waals surface area (Å²) in [5.74, 6) is 0.650. The summed E-state index contributed by atoms with van der Waals surface area (Å²) < 4.78 is 29.9. The number of hydrogen-bond donors (Lipinski definition) is 1. The second kappa shape index (κ2) is 8.83. The predicted molar refractivity (Wildman–Crippen MR) is 105 cm³/mol. The van der Waals surface area contributed by atoms with Crippen LogP contribution in [0.25, 0.3) is 0 Å². The molecule has 3 rings (SSSR count). The van der Waals surface area contributed by atoms with Crippen LogP contribution in [0, 0.1) is 0 Å². The van der Waals surface area contributed by atoms with Crippen molar-refractivity contribution in [2.75, 3.05) is 5.75 Å². The van der Waals surface area contributed by atoms with Crippen LogP contribution >= 0.6 is 23.4 Å². The van der Waals surface area contributed by atoms with Crippen molar-refractivity contribution >= 4 is 33.4 Å². The van der Waals surface area contributed by atoms with E-state index in [1.807, 2.05) is 30.3 Å². The van der Waals surface area contributed by atoms with E-state index in [2.05, 4.69) is 20.2 Å². The highest BCUT2D eigenvalue weighted by molar-refractivity contribution is 7.99. The number of halogens is 1. The number of nitrogens with zero attached hydrogens (tertiary/aromatic N) is 4. The first-order valence-corrected chi connectivity index (χ1v) is 11.0. The molecular weight excluding hydrogens is 406 g/mol. The Morgan fingerprint density at radius 1 is 1.15 bits per heavy atom. The van der Waals surface area contributed by atoms with E-state index < -0.39 is 10.0 Å². The Morgan fingerprint density at radius 2 is 1.85 bits per heavy atom.